The fourth-order valence-corrected chi connectivity index (χ4v) is 1.51. The van der Waals surface area contributed by atoms with Gasteiger partial charge >= 0.3 is 0 Å². The van der Waals surface area contributed by atoms with Gasteiger partial charge in [0.2, 0.25) is 0 Å². The third-order valence-electron chi connectivity index (χ3n) is 1.41. The largest absolute Gasteiger partial charge is 0.443 e. The lowest BCUT2D eigenvalue weighted by Gasteiger charge is -1.93. The summed E-state index contributed by atoms with van der Waals surface area (Å²) in [6.07, 6.45) is 1.40. The van der Waals surface area contributed by atoms with Crippen LogP contribution in [-0.2, 0) is 0 Å². The Morgan fingerprint density at radius 2 is 2.27 bits per heavy atom. The number of anilines is 1. The minimum atomic E-state index is 0.668. The zero-order valence-electron chi connectivity index (χ0n) is 5.54. The Morgan fingerprint density at radius 3 is 3.09 bits per heavy atom. The predicted octanol–water partition coefficient (Wildman–Crippen LogP) is 2.17. The van der Waals surface area contributed by atoms with Crippen LogP contribution in [0.1, 0.15) is 0 Å². The van der Waals surface area contributed by atoms with E-state index < -0.39 is 0 Å². The van der Waals surface area contributed by atoms with Crippen LogP contribution in [0.25, 0.3) is 11.1 Å². The molecule has 3 nitrogen and oxygen atoms in total. The fourth-order valence-electron chi connectivity index (χ4n) is 0.945. The summed E-state index contributed by atoms with van der Waals surface area (Å²) >= 11 is 3.32. The van der Waals surface area contributed by atoms with Crippen LogP contribution in [0.2, 0.25) is 0 Å². The molecule has 0 saturated heterocycles. The van der Waals surface area contributed by atoms with Gasteiger partial charge < -0.3 is 10.2 Å². The first kappa shape index (κ1) is 6.67. The third kappa shape index (κ3) is 0.991. The number of nitrogens with zero attached hydrogens (tertiary/aromatic N) is 1. The van der Waals surface area contributed by atoms with Gasteiger partial charge in [-0.3, -0.25) is 0 Å². The van der Waals surface area contributed by atoms with E-state index in [1.54, 1.807) is 12.1 Å². The summed E-state index contributed by atoms with van der Waals surface area (Å²) in [6.45, 7) is 0. The molecule has 0 aliphatic heterocycles. The second kappa shape index (κ2) is 2.23. The number of hydrogen-bond donors (Lipinski definition) is 1. The van der Waals surface area contributed by atoms with Crippen molar-refractivity contribution in [2.24, 2.45) is 0 Å². The molecule has 2 aromatic rings. The van der Waals surface area contributed by atoms with Crippen molar-refractivity contribution in [3.05, 3.63) is 23.0 Å². The molecule has 0 unspecified atom stereocenters. The molecule has 0 amide bonds. The van der Waals surface area contributed by atoms with Gasteiger partial charge in [0.1, 0.15) is 5.52 Å². The highest BCUT2D eigenvalue weighted by atomic mass is 79.9. The SMILES string of the molecule is Nc1cc(Br)c2ncoc2c1. The van der Waals surface area contributed by atoms with Crippen molar-refractivity contribution in [3.63, 3.8) is 0 Å². The minimum absolute atomic E-state index is 0.668. The van der Waals surface area contributed by atoms with Gasteiger partial charge in [0, 0.05) is 16.2 Å². The number of hydrogen-bond acceptors (Lipinski definition) is 3. The van der Waals surface area contributed by atoms with Crippen LogP contribution in [0.15, 0.2) is 27.4 Å². The molecule has 0 aliphatic rings. The van der Waals surface area contributed by atoms with Gasteiger partial charge in [0.25, 0.3) is 0 Å². The molecule has 0 saturated carbocycles. The maximum atomic E-state index is 5.57. The van der Waals surface area contributed by atoms with Gasteiger partial charge in [-0.05, 0) is 22.0 Å². The van der Waals surface area contributed by atoms with Crippen molar-refractivity contribution in [2.45, 2.75) is 0 Å². The lowest BCUT2D eigenvalue weighted by Crippen LogP contribution is -1.83. The molecule has 0 aliphatic carbocycles. The number of rotatable bonds is 0. The van der Waals surface area contributed by atoms with E-state index in [-0.39, 0.29) is 0 Å². The molecular formula is C7H5BrN2O. The van der Waals surface area contributed by atoms with E-state index in [0.717, 1.165) is 9.99 Å². The monoisotopic (exact) mass is 212 g/mol. The standard InChI is InChI=1S/C7H5BrN2O/c8-5-1-4(9)2-6-7(5)10-3-11-6/h1-3H,9H2. The topological polar surface area (TPSA) is 52.0 Å². The van der Waals surface area contributed by atoms with Crippen molar-refractivity contribution in [3.8, 4) is 0 Å². The van der Waals surface area contributed by atoms with E-state index in [1.807, 2.05) is 0 Å². The van der Waals surface area contributed by atoms with Gasteiger partial charge in [0.15, 0.2) is 12.0 Å². The highest BCUT2D eigenvalue weighted by Crippen LogP contribution is 2.25. The second-order valence-electron chi connectivity index (χ2n) is 2.20. The molecule has 0 bridgehead atoms. The minimum Gasteiger partial charge on any atom is -0.443 e. The third-order valence-corrected chi connectivity index (χ3v) is 2.02. The molecule has 1 heterocycles. The van der Waals surface area contributed by atoms with Gasteiger partial charge in [-0.1, -0.05) is 0 Å². The number of nitrogen functional groups attached to an aromatic ring is 1. The Labute approximate surface area is 71.3 Å². The zero-order chi connectivity index (χ0) is 7.84. The van der Waals surface area contributed by atoms with Crippen molar-refractivity contribution in [1.82, 2.24) is 4.98 Å². The Balaban J connectivity index is 2.91. The van der Waals surface area contributed by atoms with Crippen LogP contribution < -0.4 is 5.73 Å². The Bertz CT molecular complexity index is 396. The number of halogens is 1. The van der Waals surface area contributed by atoms with Gasteiger partial charge in [-0.25, -0.2) is 4.98 Å². The summed E-state index contributed by atoms with van der Waals surface area (Å²) in [5.74, 6) is 0. The van der Waals surface area contributed by atoms with E-state index in [2.05, 4.69) is 20.9 Å². The molecular weight excluding hydrogens is 208 g/mol. The number of aromatic nitrogens is 1. The lowest BCUT2D eigenvalue weighted by atomic mass is 10.3. The number of oxazole rings is 1. The Hall–Kier alpha value is -1.03. The molecule has 1 aromatic heterocycles. The van der Waals surface area contributed by atoms with Crippen molar-refractivity contribution >= 4 is 32.7 Å². The number of benzene rings is 1. The molecule has 2 N–H and O–H groups in total. The quantitative estimate of drug-likeness (QED) is 0.682. The summed E-state index contributed by atoms with van der Waals surface area (Å²) in [5.41, 5.74) is 7.74. The van der Waals surface area contributed by atoms with Gasteiger partial charge in [-0.2, -0.15) is 0 Å². The van der Waals surface area contributed by atoms with Crippen molar-refractivity contribution < 1.29 is 4.42 Å². The van der Waals surface area contributed by atoms with E-state index in [1.165, 1.54) is 6.39 Å². The normalized spacial score (nSPS) is 10.6. The summed E-state index contributed by atoms with van der Waals surface area (Å²) < 4.78 is 5.92. The van der Waals surface area contributed by atoms with Crippen LogP contribution in [0.4, 0.5) is 5.69 Å². The summed E-state index contributed by atoms with van der Waals surface area (Å²) in [6, 6.07) is 3.54. The zero-order valence-corrected chi connectivity index (χ0v) is 7.13. The van der Waals surface area contributed by atoms with Crippen LogP contribution in [0.5, 0.6) is 0 Å². The average molecular weight is 213 g/mol. The first-order chi connectivity index (χ1) is 5.27. The predicted molar refractivity (Wildman–Crippen MR) is 46.1 cm³/mol. The molecule has 2 rings (SSSR count). The van der Waals surface area contributed by atoms with Gasteiger partial charge in [-0.15, -0.1) is 0 Å². The Kier molecular flexibility index (Phi) is 1.35. The molecule has 56 valence electrons. The molecule has 11 heavy (non-hydrogen) atoms. The number of nitrogens with two attached hydrogens (primary N) is 1. The molecule has 0 fully saturated rings. The first-order valence-corrected chi connectivity index (χ1v) is 3.85. The average Bonchev–Trinajstić information content (AvgIpc) is 2.34. The van der Waals surface area contributed by atoms with Crippen LogP contribution in [-0.4, -0.2) is 4.98 Å². The molecule has 0 atom stereocenters. The Morgan fingerprint density at radius 1 is 1.45 bits per heavy atom. The van der Waals surface area contributed by atoms with Crippen LogP contribution in [0, 0.1) is 0 Å². The second-order valence-corrected chi connectivity index (χ2v) is 3.06. The van der Waals surface area contributed by atoms with E-state index in [4.69, 9.17) is 10.2 Å². The summed E-state index contributed by atoms with van der Waals surface area (Å²) in [7, 11) is 0. The van der Waals surface area contributed by atoms with Crippen LogP contribution >= 0.6 is 15.9 Å². The fraction of sp³-hybridized carbons (Fsp3) is 0. The van der Waals surface area contributed by atoms with E-state index in [9.17, 15) is 0 Å². The van der Waals surface area contributed by atoms with Crippen molar-refractivity contribution in [1.29, 1.82) is 0 Å². The summed E-state index contributed by atoms with van der Waals surface area (Å²) in [4.78, 5) is 3.99. The molecule has 0 spiro atoms. The molecule has 0 radical (unpaired) electrons. The number of fused-ring (bicyclic) bond motifs is 1. The van der Waals surface area contributed by atoms with E-state index in [0.29, 0.717) is 11.3 Å². The van der Waals surface area contributed by atoms with Crippen molar-refractivity contribution in [2.75, 3.05) is 5.73 Å². The van der Waals surface area contributed by atoms with Gasteiger partial charge in [0.05, 0.1) is 0 Å². The van der Waals surface area contributed by atoms with E-state index >= 15 is 0 Å². The highest BCUT2D eigenvalue weighted by Gasteiger charge is 2.03. The smallest absolute Gasteiger partial charge is 0.182 e. The molecule has 4 heteroatoms. The molecule has 1 aromatic carbocycles. The first-order valence-electron chi connectivity index (χ1n) is 3.05. The maximum Gasteiger partial charge on any atom is 0.182 e. The highest BCUT2D eigenvalue weighted by molar-refractivity contribution is 9.10. The van der Waals surface area contributed by atoms with Crippen LogP contribution in [0.3, 0.4) is 0 Å². The summed E-state index contributed by atoms with van der Waals surface area (Å²) in [5, 5.41) is 0. The lowest BCUT2D eigenvalue weighted by molar-refractivity contribution is 0.602. The maximum absolute atomic E-state index is 5.57.